The summed E-state index contributed by atoms with van der Waals surface area (Å²) in [7, 11) is 0. The van der Waals surface area contributed by atoms with Gasteiger partial charge in [0.2, 0.25) is 0 Å². The lowest BCUT2D eigenvalue weighted by molar-refractivity contribution is 0.403. The molecule has 0 heterocycles. The Morgan fingerprint density at radius 1 is 1.30 bits per heavy atom. The number of allylic oxidation sites excluding steroid dienone is 1. The van der Waals surface area contributed by atoms with Gasteiger partial charge in [-0.25, -0.2) is 0 Å². The molecular formula is C9H15S. The summed E-state index contributed by atoms with van der Waals surface area (Å²) >= 11 is 5.48. The van der Waals surface area contributed by atoms with Crippen LogP contribution in [0.5, 0.6) is 0 Å². The fourth-order valence-electron chi connectivity index (χ4n) is 1.66. The fourth-order valence-corrected chi connectivity index (χ4v) is 2.07. The summed E-state index contributed by atoms with van der Waals surface area (Å²) in [6.07, 6.45) is 9.51. The van der Waals surface area contributed by atoms with E-state index in [1.54, 1.807) is 0 Å². The highest BCUT2D eigenvalue weighted by Gasteiger charge is 2.26. The van der Waals surface area contributed by atoms with Crippen LogP contribution in [0.15, 0.2) is 12.7 Å². The molecular weight excluding hydrogens is 140 g/mol. The van der Waals surface area contributed by atoms with Crippen LogP contribution in [0.25, 0.3) is 0 Å². The first kappa shape index (κ1) is 8.19. The predicted octanol–water partition coefficient (Wildman–Crippen LogP) is 3.46. The van der Waals surface area contributed by atoms with Crippen molar-refractivity contribution in [3.63, 3.8) is 0 Å². The van der Waals surface area contributed by atoms with E-state index in [1.165, 1.54) is 32.1 Å². The summed E-state index contributed by atoms with van der Waals surface area (Å²) in [5, 5.41) is 0. The predicted molar refractivity (Wildman–Crippen MR) is 48.2 cm³/mol. The van der Waals surface area contributed by atoms with Gasteiger partial charge in [-0.3, -0.25) is 0 Å². The highest BCUT2D eigenvalue weighted by Crippen LogP contribution is 2.36. The number of hydrogen-bond acceptors (Lipinski definition) is 0. The molecule has 1 aliphatic carbocycles. The molecule has 0 spiro atoms. The molecule has 1 fully saturated rings. The van der Waals surface area contributed by atoms with E-state index in [0.29, 0.717) is 0 Å². The maximum Gasteiger partial charge on any atom is 0.0298 e. The van der Waals surface area contributed by atoms with E-state index >= 15 is 0 Å². The Labute approximate surface area is 69.1 Å². The van der Waals surface area contributed by atoms with Crippen molar-refractivity contribution in [1.82, 2.24) is 0 Å². The third kappa shape index (κ3) is 2.05. The zero-order valence-electron chi connectivity index (χ0n) is 6.44. The van der Waals surface area contributed by atoms with Gasteiger partial charge in [-0.15, -0.1) is 6.58 Å². The molecule has 1 radical (unpaired) electrons. The average molecular weight is 155 g/mol. The smallest absolute Gasteiger partial charge is 0.0298 e. The van der Waals surface area contributed by atoms with Crippen molar-refractivity contribution in [2.75, 3.05) is 0 Å². The minimum absolute atomic E-state index is 0.194. The van der Waals surface area contributed by atoms with Gasteiger partial charge in [0.1, 0.15) is 0 Å². The lowest BCUT2D eigenvalue weighted by Gasteiger charge is -2.30. The van der Waals surface area contributed by atoms with Crippen molar-refractivity contribution in [3.8, 4) is 0 Å². The Morgan fingerprint density at radius 2 is 1.90 bits per heavy atom. The molecule has 0 atom stereocenters. The van der Waals surface area contributed by atoms with Crippen LogP contribution in [-0.2, 0) is 0 Å². The molecule has 0 aliphatic heterocycles. The van der Waals surface area contributed by atoms with Gasteiger partial charge in [-0.05, 0) is 19.3 Å². The molecule has 57 valence electrons. The minimum atomic E-state index is 0.194. The Hall–Kier alpha value is 0.0900. The summed E-state index contributed by atoms with van der Waals surface area (Å²) < 4.78 is 0.194. The third-order valence-electron chi connectivity index (χ3n) is 2.28. The summed E-state index contributed by atoms with van der Waals surface area (Å²) in [5.74, 6) is 0. The summed E-state index contributed by atoms with van der Waals surface area (Å²) in [4.78, 5) is 0. The van der Waals surface area contributed by atoms with Crippen LogP contribution < -0.4 is 0 Å². The highest BCUT2D eigenvalue weighted by atomic mass is 32.1. The molecule has 10 heavy (non-hydrogen) atoms. The van der Waals surface area contributed by atoms with Crippen LogP contribution in [0, 0.1) is 0 Å². The van der Waals surface area contributed by atoms with Crippen molar-refractivity contribution in [2.45, 2.75) is 43.3 Å². The van der Waals surface area contributed by atoms with Crippen LogP contribution in [-0.4, -0.2) is 4.75 Å². The molecule has 1 saturated carbocycles. The van der Waals surface area contributed by atoms with Crippen molar-refractivity contribution < 1.29 is 0 Å². The average Bonchev–Trinajstić information content (AvgIpc) is 1.89. The van der Waals surface area contributed by atoms with Crippen LogP contribution in [0.2, 0.25) is 0 Å². The van der Waals surface area contributed by atoms with Gasteiger partial charge in [0.05, 0.1) is 0 Å². The van der Waals surface area contributed by atoms with Gasteiger partial charge in [0.15, 0.2) is 0 Å². The van der Waals surface area contributed by atoms with E-state index in [9.17, 15) is 0 Å². The lowest BCUT2D eigenvalue weighted by atomic mass is 9.86. The first-order valence-electron chi connectivity index (χ1n) is 4.08. The SMILES string of the molecule is C=CCC1([S])CCCCC1. The van der Waals surface area contributed by atoms with Crippen molar-refractivity contribution in [2.24, 2.45) is 0 Å². The van der Waals surface area contributed by atoms with Crippen LogP contribution in [0.1, 0.15) is 38.5 Å². The molecule has 1 heteroatoms. The van der Waals surface area contributed by atoms with Crippen molar-refractivity contribution >= 4 is 12.6 Å². The van der Waals surface area contributed by atoms with Crippen LogP contribution in [0.4, 0.5) is 0 Å². The topological polar surface area (TPSA) is 0 Å². The van der Waals surface area contributed by atoms with Crippen LogP contribution in [0.3, 0.4) is 0 Å². The molecule has 1 aliphatic rings. The monoisotopic (exact) mass is 155 g/mol. The van der Waals surface area contributed by atoms with Gasteiger partial charge in [0.25, 0.3) is 0 Å². The second-order valence-corrected chi connectivity index (χ2v) is 4.10. The molecule has 1 rings (SSSR count). The maximum atomic E-state index is 5.48. The lowest BCUT2D eigenvalue weighted by Crippen LogP contribution is -2.23. The molecule has 0 saturated heterocycles. The van der Waals surface area contributed by atoms with Gasteiger partial charge >= 0.3 is 0 Å². The summed E-state index contributed by atoms with van der Waals surface area (Å²) in [5.41, 5.74) is 0. The highest BCUT2D eigenvalue weighted by molar-refractivity contribution is 7.81. The second kappa shape index (κ2) is 3.47. The molecule has 0 unspecified atom stereocenters. The second-order valence-electron chi connectivity index (χ2n) is 3.24. The molecule has 0 bridgehead atoms. The Bertz CT molecular complexity index is 112. The Balaban J connectivity index is 2.39. The van der Waals surface area contributed by atoms with E-state index in [2.05, 4.69) is 6.58 Å². The van der Waals surface area contributed by atoms with Crippen LogP contribution >= 0.6 is 12.6 Å². The maximum absolute atomic E-state index is 5.48. The Morgan fingerprint density at radius 3 is 2.40 bits per heavy atom. The normalized spacial score (nSPS) is 24.1. The Kier molecular flexibility index (Phi) is 2.84. The van der Waals surface area contributed by atoms with E-state index in [4.69, 9.17) is 12.6 Å². The van der Waals surface area contributed by atoms with Crippen molar-refractivity contribution in [3.05, 3.63) is 12.7 Å². The molecule has 0 amide bonds. The van der Waals surface area contributed by atoms with Crippen molar-refractivity contribution in [1.29, 1.82) is 0 Å². The van der Waals surface area contributed by atoms with E-state index in [0.717, 1.165) is 6.42 Å². The quantitative estimate of drug-likeness (QED) is 0.536. The molecule has 0 nitrogen and oxygen atoms in total. The third-order valence-corrected chi connectivity index (χ3v) is 2.86. The van der Waals surface area contributed by atoms with Gasteiger partial charge in [-0.1, -0.05) is 38.0 Å². The molecule has 0 aromatic carbocycles. The number of hydrogen-bond donors (Lipinski definition) is 0. The standard InChI is InChI=1S/C9H15S/c1-2-6-9(10)7-4-3-5-8-9/h2H,1,3-8H2. The molecule has 0 N–H and O–H groups in total. The van der Waals surface area contributed by atoms with E-state index in [-0.39, 0.29) is 4.75 Å². The largest absolute Gasteiger partial charge is 0.103 e. The zero-order valence-corrected chi connectivity index (χ0v) is 7.25. The first-order chi connectivity index (χ1) is 4.77. The van der Waals surface area contributed by atoms with E-state index < -0.39 is 0 Å². The zero-order chi connectivity index (χ0) is 7.45. The summed E-state index contributed by atoms with van der Waals surface area (Å²) in [6.45, 7) is 3.73. The van der Waals surface area contributed by atoms with Gasteiger partial charge < -0.3 is 0 Å². The number of rotatable bonds is 2. The molecule has 0 aromatic rings. The first-order valence-corrected chi connectivity index (χ1v) is 4.49. The molecule has 0 aromatic heterocycles. The van der Waals surface area contributed by atoms with Gasteiger partial charge in [0, 0.05) is 4.75 Å². The van der Waals surface area contributed by atoms with Gasteiger partial charge in [-0.2, -0.15) is 0 Å². The fraction of sp³-hybridized carbons (Fsp3) is 0.778. The minimum Gasteiger partial charge on any atom is -0.103 e. The van der Waals surface area contributed by atoms with E-state index in [1.807, 2.05) is 6.08 Å². The summed E-state index contributed by atoms with van der Waals surface area (Å²) in [6, 6.07) is 0.